The van der Waals surface area contributed by atoms with Crippen LogP contribution in [-0.4, -0.2) is 6.71 Å². The number of anilines is 6. The van der Waals surface area contributed by atoms with E-state index in [1.54, 1.807) is 0 Å². The summed E-state index contributed by atoms with van der Waals surface area (Å²) in [6.45, 7) is 30.2. The molecule has 3 aliphatic rings. The van der Waals surface area contributed by atoms with Gasteiger partial charge in [0.2, 0.25) is 0 Å². The SMILES string of the molecule is Cc1cc2c3c(c1)N(c1ccc(-c4c(C)cccc4C)cc1)c1c(oc4c1C(C)(C)CCC4(C)C)B3c1cc(C(C)(C)C)ccc1N2c1ccc(C(C)(C)C)cc1. The zero-order valence-electron chi connectivity index (χ0n) is 36.5. The number of hydrogen-bond donors (Lipinski definition) is 0. The van der Waals surface area contributed by atoms with Gasteiger partial charge in [-0.3, -0.25) is 0 Å². The molecule has 0 spiro atoms. The van der Waals surface area contributed by atoms with E-state index in [2.05, 4.69) is 197 Å². The molecule has 0 atom stereocenters. The van der Waals surface area contributed by atoms with E-state index in [1.165, 1.54) is 83.9 Å². The molecule has 9 rings (SSSR count). The van der Waals surface area contributed by atoms with Gasteiger partial charge in [-0.25, -0.2) is 0 Å². The number of aryl methyl sites for hydroxylation is 3. The maximum absolute atomic E-state index is 7.55. The predicted octanol–water partition coefficient (Wildman–Crippen LogP) is 12.9. The molecule has 2 aliphatic heterocycles. The summed E-state index contributed by atoms with van der Waals surface area (Å²) in [7, 11) is 0. The van der Waals surface area contributed by atoms with E-state index < -0.39 is 0 Å². The first kappa shape index (κ1) is 37.6. The molecule has 0 unspecified atom stereocenters. The van der Waals surface area contributed by atoms with E-state index >= 15 is 0 Å². The van der Waals surface area contributed by atoms with Crippen molar-refractivity contribution in [3.63, 3.8) is 0 Å². The van der Waals surface area contributed by atoms with E-state index in [4.69, 9.17) is 4.42 Å². The smallest absolute Gasteiger partial charge is 0.297 e. The minimum atomic E-state index is -0.0867. The summed E-state index contributed by atoms with van der Waals surface area (Å²) in [5.74, 6) is 1.15. The Morgan fingerprint density at radius 3 is 1.75 bits per heavy atom. The van der Waals surface area contributed by atoms with Gasteiger partial charge in [0.1, 0.15) is 5.76 Å². The Kier molecular flexibility index (Phi) is 8.26. The van der Waals surface area contributed by atoms with E-state index in [0.29, 0.717) is 0 Å². The molecule has 0 fully saturated rings. The van der Waals surface area contributed by atoms with Crippen molar-refractivity contribution in [2.45, 2.75) is 125 Å². The van der Waals surface area contributed by atoms with Crippen molar-refractivity contribution >= 4 is 57.4 Å². The Morgan fingerprint density at radius 1 is 0.596 bits per heavy atom. The molecule has 0 bridgehead atoms. The molecule has 3 nitrogen and oxygen atoms in total. The van der Waals surface area contributed by atoms with Crippen LogP contribution in [0.3, 0.4) is 0 Å². The van der Waals surface area contributed by atoms with E-state index in [-0.39, 0.29) is 28.4 Å². The molecule has 0 amide bonds. The van der Waals surface area contributed by atoms with Crippen LogP contribution in [0, 0.1) is 20.8 Å². The third kappa shape index (κ3) is 5.84. The second kappa shape index (κ2) is 12.5. The van der Waals surface area contributed by atoms with Gasteiger partial charge < -0.3 is 14.2 Å². The Bertz CT molecular complexity index is 2550. The second-order valence-electron chi connectivity index (χ2n) is 20.7. The molecule has 1 aromatic heterocycles. The third-order valence-corrected chi connectivity index (χ3v) is 13.4. The molecule has 3 heterocycles. The number of nitrogens with zero attached hydrogens (tertiary/aromatic N) is 2. The predicted molar refractivity (Wildman–Crippen MR) is 245 cm³/mol. The molecule has 0 saturated carbocycles. The van der Waals surface area contributed by atoms with Crippen molar-refractivity contribution in [3.05, 3.63) is 136 Å². The molecule has 0 saturated heterocycles. The average Bonchev–Trinajstić information content (AvgIpc) is 3.56. The van der Waals surface area contributed by atoms with Gasteiger partial charge in [-0.1, -0.05) is 124 Å². The van der Waals surface area contributed by atoms with Crippen LogP contribution < -0.4 is 26.4 Å². The summed E-state index contributed by atoms with van der Waals surface area (Å²) < 4.78 is 7.55. The van der Waals surface area contributed by atoms with Crippen LogP contribution in [0.1, 0.15) is 121 Å². The molecule has 290 valence electrons. The van der Waals surface area contributed by atoms with Gasteiger partial charge in [-0.05, 0) is 142 Å². The first-order valence-electron chi connectivity index (χ1n) is 21.1. The maximum Gasteiger partial charge on any atom is 0.297 e. The lowest BCUT2D eigenvalue weighted by Crippen LogP contribution is -2.61. The number of rotatable bonds is 3. The van der Waals surface area contributed by atoms with E-state index in [0.717, 1.165) is 29.9 Å². The van der Waals surface area contributed by atoms with Gasteiger partial charge in [-0.15, -0.1) is 0 Å². The van der Waals surface area contributed by atoms with Crippen LogP contribution in [0.4, 0.5) is 34.1 Å². The average molecular weight is 751 g/mol. The van der Waals surface area contributed by atoms with Crippen LogP contribution in [0.2, 0.25) is 0 Å². The molecule has 5 aromatic carbocycles. The van der Waals surface area contributed by atoms with Crippen molar-refractivity contribution in [3.8, 4) is 11.1 Å². The molecule has 57 heavy (non-hydrogen) atoms. The highest BCUT2D eigenvalue weighted by atomic mass is 16.3. The largest absolute Gasteiger partial charge is 0.472 e. The molecular formula is C53H59BN2O. The number of fused-ring (bicyclic) bond motifs is 6. The minimum absolute atomic E-state index is 0.0161. The summed E-state index contributed by atoms with van der Waals surface area (Å²) in [6.07, 6.45) is 2.20. The fourth-order valence-electron chi connectivity index (χ4n) is 10.1. The van der Waals surface area contributed by atoms with Gasteiger partial charge in [0, 0.05) is 39.4 Å². The van der Waals surface area contributed by atoms with Crippen LogP contribution in [0.15, 0.2) is 101 Å². The normalized spacial score (nSPS) is 16.5. The fraction of sp³-hybridized carbons (Fsp3) is 0.358. The van der Waals surface area contributed by atoms with Crippen molar-refractivity contribution in [2.24, 2.45) is 0 Å². The van der Waals surface area contributed by atoms with Gasteiger partial charge in [-0.2, -0.15) is 0 Å². The lowest BCUT2D eigenvalue weighted by molar-refractivity contribution is 0.282. The van der Waals surface area contributed by atoms with Crippen LogP contribution in [0.25, 0.3) is 11.1 Å². The van der Waals surface area contributed by atoms with Crippen LogP contribution >= 0.6 is 0 Å². The van der Waals surface area contributed by atoms with Gasteiger partial charge in [0.25, 0.3) is 6.71 Å². The number of hydrogen-bond acceptors (Lipinski definition) is 3. The quantitative estimate of drug-likeness (QED) is 0.168. The fourth-order valence-corrected chi connectivity index (χ4v) is 10.1. The summed E-state index contributed by atoms with van der Waals surface area (Å²) in [4.78, 5) is 5.11. The highest BCUT2D eigenvalue weighted by Gasteiger charge is 2.52. The highest BCUT2D eigenvalue weighted by molar-refractivity contribution is 6.99. The third-order valence-electron chi connectivity index (χ3n) is 13.4. The summed E-state index contributed by atoms with van der Waals surface area (Å²) >= 11 is 0. The monoisotopic (exact) mass is 750 g/mol. The molecule has 6 aromatic rings. The van der Waals surface area contributed by atoms with Crippen molar-refractivity contribution in [1.82, 2.24) is 0 Å². The zero-order chi connectivity index (χ0) is 40.6. The minimum Gasteiger partial charge on any atom is -0.472 e. The molecular weight excluding hydrogens is 691 g/mol. The summed E-state index contributed by atoms with van der Waals surface area (Å²) in [5.41, 5.74) is 21.3. The topological polar surface area (TPSA) is 19.6 Å². The molecule has 1 aliphatic carbocycles. The van der Waals surface area contributed by atoms with Crippen molar-refractivity contribution < 1.29 is 4.42 Å². The van der Waals surface area contributed by atoms with Gasteiger partial charge in [0.05, 0.1) is 11.3 Å². The lowest BCUT2D eigenvalue weighted by atomic mass is 9.35. The maximum atomic E-state index is 7.55. The molecule has 4 heteroatoms. The van der Waals surface area contributed by atoms with E-state index in [1.807, 2.05) is 0 Å². The van der Waals surface area contributed by atoms with Crippen LogP contribution in [-0.2, 0) is 21.7 Å². The molecule has 0 radical (unpaired) electrons. The Morgan fingerprint density at radius 2 is 1.14 bits per heavy atom. The van der Waals surface area contributed by atoms with Crippen LogP contribution in [0.5, 0.6) is 0 Å². The summed E-state index contributed by atoms with van der Waals surface area (Å²) in [5, 5.41) is 0. The van der Waals surface area contributed by atoms with Crippen molar-refractivity contribution in [1.29, 1.82) is 0 Å². The first-order chi connectivity index (χ1) is 26.8. The Balaban J connectivity index is 1.36. The highest BCUT2D eigenvalue weighted by Crippen LogP contribution is 2.55. The zero-order valence-corrected chi connectivity index (χ0v) is 36.5. The first-order valence-corrected chi connectivity index (χ1v) is 21.1. The Hall–Kier alpha value is -4.96. The standard InChI is InChI=1S/C53H59BN2O/c1-32-29-42-46-43(30-32)56(39-22-17-35(18-23-39)44-33(2)15-14-16-34(44)3)47-45-48(53(12,13)28-27-52(45,10)11)57-49(47)54(46)40-31-37(51(7,8)9)21-26-41(40)55(42)38-24-19-36(20-25-38)50(4,5)6/h14-26,29-31H,27-28H2,1-13H3. The number of benzene rings is 5. The summed E-state index contributed by atoms with van der Waals surface area (Å²) in [6, 6.07) is 37.3. The van der Waals surface area contributed by atoms with E-state index in [9.17, 15) is 0 Å². The molecule has 0 N–H and O–H groups in total. The number of furan rings is 1. The van der Waals surface area contributed by atoms with Gasteiger partial charge in [0.15, 0.2) is 0 Å². The lowest BCUT2D eigenvalue weighted by Gasteiger charge is -2.44. The Labute approximate surface area is 342 Å². The van der Waals surface area contributed by atoms with Gasteiger partial charge >= 0.3 is 0 Å². The second-order valence-corrected chi connectivity index (χ2v) is 20.7. The van der Waals surface area contributed by atoms with Crippen molar-refractivity contribution in [2.75, 3.05) is 9.80 Å².